The zero-order valence-electron chi connectivity index (χ0n) is 20.8. The molecule has 3 heterocycles. The monoisotopic (exact) mass is 534 g/mol. The number of benzene rings is 2. The minimum atomic E-state index is -3.38. The summed E-state index contributed by atoms with van der Waals surface area (Å²) in [7, 11) is -3.38. The second-order valence-corrected chi connectivity index (χ2v) is 14.8. The number of nitrogens with zero attached hydrogens (tertiary/aromatic N) is 2. The maximum absolute atomic E-state index is 14.7. The number of anilines is 3. The third kappa shape index (κ3) is 4.20. The number of carbonyl (C=O) groups excluding carboxylic acids is 1. The van der Waals surface area contributed by atoms with Crippen LogP contribution < -0.4 is 10.0 Å². The first-order valence-corrected chi connectivity index (χ1v) is 15.9. The van der Waals surface area contributed by atoms with Crippen molar-refractivity contribution in [3.63, 3.8) is 0 Å². The van der Waals surface area contributed by atoms with Crippen molar-refractivity contribution in [2.75, 3.05) is 28.2 Å². The summed E-state index contributed by atoms with van der Waals surface area (Å²) in [5.41, 5.74) is 3.10. The molecule has 0 bridgehead atoms. The molecule has 0 atom stereocenters. The number of fused-ring (bicyclic) bond motifs is 2. The van der Waals surface area contributed by atoms with Gasteiger partial charge >= 0.3 is 5.97 Å². The standard InChI is InChI=1S/C28H30N4O3S2/c1-2-35-28(33)24-20-13-6-9-16-23(20)36-27(24)31-25-26(30-22-15-8-7-14-21(22)29-25)32-37(34,17-10-18-37)19-11-4-3-5-12-19/h3-5,7-8,11-12,14-15H,2,6,9-10,13,16-18H2,1H3,(H,29,31)(H,30,32,34). The summed E-state index contributed by atoms with van der Waals surface area (Å²) in [6.45, 7) is 2.13. The lowest BCUT2D eigenvalue weighted by atomic mass is 9.95. The van der Waals surface area contributed by atoms with E-state index in [1.54, 1.807) is 11.3 Å². The summed E-state index contributed by atoms with van der Waals surface area (Å²) in [6.07, 6.45) is 4.85. The van der Waals surface area contributed by atoms with Crippen molar-refractivity contribution in [3.05, 3.63) is 70.6 Å². The van der Waals surface area contributed by atoms with Gasteiger partial charge in [0.25, 0.3) is 0 Å². The number of thiophene rings is 1. The van der Waals surface area contributed by atoms with Crippen LogP contribution >= 0.6 is 11.3 Å². The van der Waals surface area contributed by atoms with Crippen molar-refractivity contribution in [2.45, 2.75) is 43.9 Å². The van der Waals surface area contributed by atoms with E-state index < -0.39 is 9.25 Å². The molecule has 2 aromatic carbocycles. The second-order valence-electron chi connectivity index (χ2n) is 9.63. The van der Waals surface area contributed by atoms with Gasteiger partial charge < -0.3 is 14.8 Å². The number of rotatable bonds is 7. The van der Waals surface area contributed by atoms with Crippen LogP contribution in [0.2, 0.25) is 0 Å². The summed E-state index contributed by atoms with van der Waals surface area (Å²) in [5.74, 6) is 1.67. The first kappa shape index (κ1) is 24.1. The second kappa shape index (κ2) is 9.22. The van der Waals surface area contributed by atoms with Crippen molar-refractivity contribution >= 4 is 54.2 Å². The predicted octanol–water partition coefficient (Wildman–Crippen LogP) is 6.10. The van der Waals surface area contributed by atoms with Gasteiger partial charge in [0.15, 0.2) is 11.6 Å². The van der Waals surface area contributed by atoms with Crippen LogP contribution in [0.5, 0.6) is 0 Å². The Labute approximate surface area is 220 Å². The number of aromatic nitrogens is 2. The highest BCUT2D eigenvalue weighted by atomic mass is 32.3. The molecular weight excluding hydrogens is 504 g/mol. The summed E-state index contributed by atoms with van der Waals surface area (Å²) < 4.78 is 23.5. The van der Waals surface area contributed by atoms with Crippen LogP contribution in [-0.4, -0.2) is 38.3 Å². The van der Waals surface area contributed by atoms with Gasteiger partial charge in [0, 0.05) is 21.3 Å². The molecule has 0 radical (unpaired) electrons. The van der Waals surface area contributed by atoms with Crippen molar-refractivity contribution in [1.82, 2.24) is 9.97 Å². The number of esters is 1. The van der Waals surface area contributed by atoms with Crippen LogP contribution in [-0.2, 0) is 26.8 Å². The molecule has 1 saturated heterocycles. The number of aryl methyl sites for hydroxylation is 1. The van der Waals surface area contributed by atoms with Gasteiger partial charge in [-0.15, -0.1) is 11.3 Å². The van der Waals surface area contributed by atoms with Crippen LogP contribution in [0.15, 0.2) is 59.5 Å². The zero-order valence-corrected chi connectivity index (χ0v) is 22.4. The van der Waals surface area contributed by atoms with Gasteiger partial charge in [0.05, 0.1) is 23.2 Å². The van der Waals surface area contributed by atoms with E-state index >= 15 is 0 Å². The first-order valence-electron chi connectivity index (χ1n) is 12.8. The van der Waals surface area contributed by atoms with Crippen molar-refractivity contribution in [3.8, 4) is 0 Å². The number of nitrogens with one attached hydrogen (secondary N) is 2. The van der Waals surface area contributed by atoms with Crippen molar-refractivity contribution in [1.29, 1.82) is 0 Å². The van der Waals surface area contributed by atoms with Crippen LogP contribution in [0.3, 0.4) is 0 Å². The Morgan fingerprint density at radius 2 is 1.62 bits per heavy atom. The molecule has 37 heavy (non-hydrogen) atoms. The average molecular weight is 535 g/mol. The molecule has 6 rings (SSSR count). The van der Waals surface area contributed by atoms with E-state index in [4.69, 9.17) is 14.7 Å². The highest BCUT2D eigenvalue weighted by Crippen LogP contribution is 2.46. The molecule has 1 fully saturated rings. The number of para-hydroxylation sites is 2. The Morgan fingerprint density at radius 1 is 0.946 bits per heavy atom. The SMILES string of the molecule is CCOC(=O)c1c(Nc2nc3ccccc3nc2NS2(=O)(c3ccccc3)CCC2)sc2c1CCCC2. The minimum Gasteiger partial charge on any atom is -0.462 e. The summed E-state index contributed by atoms with van der Waals surface area (Å²) in [4.78, 5) is 24.8. The largest absolute Gasteiger partial charge is 0.462 e. The first-order chi connectivity index (χ1) is 18.0. The van der Waals surface area contributed by atoms with E-state index in [2.05, 4.69) is 10.0 Å². The summed E-state index contributed by atoms with van der Waals surface area (Å²) >= 11 is 1.58. The third-order valence-electron chi connectivity index (χ3n) is 7.23. The Balaban J connectivity index is 1.47. The highest BCUT2D eigenvalue weighted by molar-refractivity contribution is 8.22. The van der Waals surface area contributed by atoms with Crippen LogP contribution in [0.4, 0.5) is 16.6 Å². The molecule has 1 aliphatic carbocycles. The summed E-state index contributed by atoms with van der Waals surface area (Å²) in [6, 6.07) is 17.3. The number of ether oxygens (including phenoxy) is 1. The molecule has 192 valence electrons. The lowest BCUT2D eigenvalue weighted by Gasteiger charge is -2.51. The fourth-order valence-corrected chi connectivity index (χ4v) is 9.80. The Hall–Kier alpha value is -3.30. The number of hydrogen-bond acceptors (Lipinski definition) is 7. The Kier molecular flexibility index (Phi) is 6.00. The van der Waals surface area contributed by atoms with E-state index in [1.807, 2.05) is 61.5 Å². The predicted molar refractivity (Wildman–Crippen MR) is 151 cm³/mol. The van der Waals surface area contributed by atoms with Gasteiger partial charge in [-0.1, -0.05) is 30.3 Å². The van der Waals surface area contributed by atoms with E-state index in [0.29, 0.717) is 45.8 Å². The molecule has 7 nitrogen and oxygen atoms in total. The van der Waals surface area contributed by atoms with Gasteiger partial charge in [-0.3, -0.25) is 4.21 Å². The fraction of sp³-hybridized carbons (Fsp3) is 0.321. The average Bonchev–Trinajstić information content (AvgIpc) is 3.27. The van der Waals surface area contributed by atoms with Crippen LogP contribution in [0.1, 0.15) is 47.0 Å². The zero-order chi connectivity index (χ0) is 25.5. The van der Waals surface area contributed by atoms with Crippen LogP contribution in [0.25, 0.3) is 11.0 Å². The third-order valence-corrected chi connectivity index (χ3v) is 12.8. The van der Waals surface area contributed by atoms with Gasteiger partial charge in [-0.2, -0.15) is 0 Å². The lowest BCUT2D eigenvalue weighted by molar-refractivity contribution is 0.0526. The normalized spacial score (nSPS) is 18.6. The molecule has 9 heteroatoms. The lowest BCUT2D eigenvalue weighted by Crippen LogP contribution is -2.55. The molecule has 2 N–H and O–H groups in total. The van der Waals surface area contributed by atoms with E-state index in [9.17, 15) is 9.00 Å². The molecule has 2 aromatic heterocycles. The Bertz CT molecular complexity index is 1560. The minimum absolute atomic E-state index is 0.312. The smallest absolute Gasteiger partial charge is 0.341 e. The molecule has 0 saturated carbocycles. The van der Waals surface area contributed by atoms with Gasteiger partial charge in [0.2, 0.25) is 0 Å². The number of carbonyl (C=O) groups is 1. The molecule has 1 aliphatic heterocycles. The van der Waals surface area contributed by atoms with Crippen molar-refractivity contribution < 1.29 is 13.7 Å². The van der Waals surface area contributed by atoms with Gasteiger partial charge in [-0.25, -0.2) is 14.8 Å². The van der Waals surface area contributed by atoms with Crippen molar-refractivity contribution in [2.24, 2.45) is 0 Å². The van der Waals surface area contributed by atoms with E-state index in [-0.39, 0.29) is 5.97 Å². The molecule has 0 spiro atoms. The molecule has 2 aliphatic rings. The highest BCUT2D eigenvalue weighted by Gasteiger charge is 2.46. The van der Waals surface area contributed by atoms with Crippen LogP contribution in [0, 0.1) is 0 Å². The number of hydrogen-bond donors (Lipinski definition) is 2. The maximum atomic E-state index is 14.7. The molecule has 0 amide bonds. The summed E-state index contributed by atoms with van der Waals surface area (Å²) in [5, 5.41) is 4.14. The molecule has 4 aromatic rings. The fourth-order valence-electron chi connectivity index (χ4n) is 5.25. The molecule has 0 unspecified atom stereocenters. The van der Waals surface area contributed by atoms with Gasteiger partial charge in [-0.05, 0) is 78.1 Å². The topological polar surface area (TPSA) is 93.2 Å². The molecular formula is C28H30N4O3S2. The Morgan fingerprint density at radius 3 is 2.30 bits per heavy atom. The van der Waals surface area contributed by atoms with E-state index in [1.165, 1.54) is 4.88 Å². The maximum Gasteiger partial charge on any atom is 0.341 e. The van der Waals surface area contributed by atoms with Gasteiger partial charge in [0.1, 0.15) is 5.00 Å². The van der Waals surface area contributed by atoms with E-state index in [0.717, 1.165) is 48.1 Å². The quantitative estimate of drug-likeness (QED) is 0.278.